The Bertz CT molecular complexity index is 1150. The first-order valence-corrected chi connectivity index (χ1v) is 10.6. The van der Waals surface area contributed by atoms with E-state index in [0.717, 1.165) is 28.0 Å². The van der Waals surface area contributed by atoms with Crippen LogP contribution in [-0.4, -0.2) is 9.85 Å². The van der Waals surface area contributed by atoms with Gasteiger partial charge in [-0.05, 0) is 58.4 Å². The number of ether oxygens (including phenoxy) is 1. The molecule has 0 N–H and O–H groups in total. The predicted octanol–water partition coefficient (Wildman–Crippen LogP) is 7.56. The second kappa shape index (κ2) is 8.65. The Kier molecular flexibility index (Phi) is 6.27. The van der Waals surface area contributed by atoms with Gasteiger partial charge in [-0.25, -0.2) is 0 Å². The summed E-state index contributed by atoms with van der Waals surface area (Å²) in [4.78, 5) is 21.2. The normalized spacial score (nSPS) is 11.8. The van der Waals surface area contributed by atoms with E-state index in [4.69, 9.17) is 4.74 Å². The van der Waals surface area contributed by atoms with Crippen LogP contribution in [0, 0.1) is 20.2 Å². The van der Waals surface area contributed by atoms with Crippen molar-refractivity contribution >= 4 is 11.4 Å². The van der Waals surface area contributed by atoms with Crippen molar-refractivity contribution in [1.82, 2.24) is 0 Å². The van der Waals surface area contributed by atoms with Crippen molar-refractivity contribution in [2.75, 3.05) is 0 Å². The second-order valence-corrected chi connectivity index (χ2v) is 10.1. The third-order valence-electron chi connectivity index (χ3n) is 5.38. The van der Waals surface area contributed by atoms with E-state index in [2.05, 4.69) is 53.7 Å². The smallest absolute Gasteiger partial charge is 0.269 e. The highest BCUT2D eigenvalue weighted by Gasteiger charge is 2.29. The maximum atomic E-state index is 11.0. The minimum Gasteiger partial charge on any atom is -0.457 e. The Morgan fingerprint density at radius 3 is 1.39 bits per heavy atom. The summed E-state index contributed by atoms with van der Waals surface area (Å²) in [6.45, 7) is 12.6. The van der Waals surface area contributed by atoms with Crippen LogP contribution in [0.2, 0.25) is 0 Å². The van der Waals surface area contributed by atoms with Crippen molar-refractivity contribution in [3.63, 3.8) is 0 Å². The molecule has 0 saturated carbocycles. The fraction of sp³-hybridized carbons (Fsp3) is 0.308. The van der Waals surface area contributed by atoms with Gasteiger partial charge < -0.3 is 4.74 Å². The molecule has 33 heavy (non-hydrogen) atoms. The first kappa shape index (κ1) is 23.9. The van der Waals surface area contributed by atoms with E-state index in [0.29, 0.717) is 5.75 Å². The van der Waals surface area contributed by atoms with Crippen LogP contribution in [0.5, 0.6) is 11.5 Å². The minimum absolute atomic E-state index is 0.00274. The lowest BCUT2D eigenvalue weighted by Crippen LogP contribution is -2.19. The Labute approximate surface area is 193 Å². The van der Waals surface area contributed by atoms with Crippen LogP contribution in [0.25, 0.3) is 11.1 Å². The average Bonchev–Trinajstić information content (AvgIpc) is 2.72. The molecule has 0 saturated heterocycles. The fourth-order valence-electron chi connectivity index (χ4n) is 3.55. The molecule has 0 heterocycles. The topological polar surface area (TPSA) is 95.5 Å². The van der Waals surface area contributed by atoms with Gasteiger partial charge in [0.25, 0.3) is 11.4 Å². The van der Waals surface area contributed by atoms with Crippen LogP contribution < -0.4 is 4.74 Å². The maximum Gasteiger partial charge on any atom is 0.269 e. The molecule has 7 nitrogen and oxygen atoms in total. The molecule has 0 amide bonds. The Hall–Kier alpha value is -3.74. The molecule has 0 fully saturated rings. The van der Waals surface area contributed by atoms with E-state index in [-0.39, 0.29) is 22.2 Å². The molecular formula is C26H28N2O5. The van der Waals surface area contributed by atoms with Crippen LogP contribution in [-0.2, 0) is 10.8 Å². The van der Waals surface area contributed by atoms with E-state index in [9.17, 15) is 20.2 Å². The number of hydrogen-bond acceptors (Lipinski definition) is 5. The van der Waals surface area contributed by atoms with Crippen molar-refractivity contribution in [2.24, 2.45) is 0 Å². The molecule has 3 aromatic rings. The molecule has 0 aliphatic heterocycles. The van der Waals surface area contributed by atoms with E-state index in [1.54, 1.807) is 24.3 Å². The summed E-state index contributed by atoms with van der Waals surface area (Å²) in [5, 5.41) is 22.0. The van der Waals surface area contributed by atoms with Crippen LogP contribution in [0.3, 0.4) is 0 Å². The van der Waals surface area contributed by atoms with Gasteiger partial charge in [0.2, 0.25) is 0 Å². The van der Waals surface area contributed by atoms with Gasteiger partial charge >= 0.3 is 0 Å². The fourth-order valence-corrected chi connectivity index (χ4v) is 3.55. The lowest BCUT2D eigenvalue weighted by molar-refractivity contribution is -0.385. The zero-order chi connectivity index (χ0) is 24.6. The van der Waals surface area contributed by atoms with Crippen LogP contribution in [0.4, 0.5) is 11.4 Å². The van der Waals surface area contributed by atoms with E-state index in [1.807, 2.05) is 0 Å². The largest absolute Gasteiger partial charge is 0.457 e. The van der Waals surface area contributed by atoms with E-state index < -0.39 is 9.85 Å². The van der Waals surface area contributed by atoms with Crippen molar-refractivity contribution in [3.05, 3.63) is 92.0 Å². The van der Waals surface area contributed by atoms with E-state index >= 15 is 0 Å². The molecule has 0 aliphatic rings. The third kappa shape index (κ3) is 5.37. The summed E-state index contributed by atoms with van der Waals surface area (Å²) in [6, 6.07) is 16.7. The molecule has 0 radical (unpaired) electrons. The highest BCUT2D eigenvalue weighted by molar-refractivity contribution is 5.70. The predicted molar refractivity (Wildman–Crippen MR) is 129 cm³/mol. The highest BCUT2D eigenvalue weighted by Crippen LogP contribution is 2.44. The van der Waals surface area contributed by atoms with Gasteiger partial charge in [0.05, 0.1) is 9.85 Å². The number of nitrogens with zero attached hydrogens (tertiary/aromatic N) is 2. The molecule has 172 valence electrons. The van der Waals surface area contributed by atoms with Crippen LogP contribution in [0.1, 0.15) is 52.7 Å². The molecule has 0 spiro atoms. The summed E-state index contributed by atoms with van der Waals surface area (Å²) in [5.74, 6) is 1.23. The lowest BCUT2D eigenvalue weighted by Gasteiger charge is -2.30. The van der Waals surface area contributed by atoms with Crippen LogP contribution >= 0.6 is 0 Å². The van der Waals surface area contributed by atoms with Gasteiger partial charge in [-0.2, -0.15) is 0 Å². The summed E-state index contributed by atoms with van der Waals surface area (Å²) >= 11 is 0. The summed E-state index contributed by atoms with van der Waals surface area (Å²) in [5.41, 5.74) is 3.27. The average molecular weight is 449 g/mol. The molecule has 0 unspecified atom stereocenters. The quantitative estimate of drug-likeness (QED) is 0.296. The van der Waals surface area contributed by atoms with Crippen molar-refractivity contribution in [3.8, 4) is 22.6 Å². The van der Waals surface area contributed by atoms with Gasteiger partial charge in [-0.3, -0.25) is 20.2 Å². The van der Waals surface area contributed by atoms with Gasteiger partial charge in [0.15, 0.2) is 0 Å². The minimum atomic E-state index is -0.441. The monoisotopic (exact) mass is 448 g/mol. The van der Waals surface area contributed by atoms with Gasteiger partial charge in [0, 0.05) is 35.4 Å². The molecule has 7 heteroatoms. The zero-order valence-corrected chi connectivity index (χ0v) is 19.7. The van der Waals surface area contributed by atoms with Gasteiger partial charge in [-0.15, -0.1) is 0 Å². The Morgan fingerprint density at radius 1 is 0.636 bits per heavy atom. The zero-order valence-electron chi connectivity index (χ0n) is 19.7. The van der Waals surface area contributed by atoms with Crippen LogP contribution in [0.15, 0.2) is 60.7 Å². The molecule has 0 aliphatic carbocycles. The molecule has 0 aromatic heterocycles. The Balaban J connectivity index is 2.19. The highest BCUT2D eigenvalue weighted by atomic mass is 16.6. The maximum absolute atomic E-state index is 11.0. The van der Waals surface area contributed by atoms with E-state index in [1.165, 1.54) is 24.3 Å². The number of rotatable bonds is 5. The SMILES string of the molecule is CC(C)(C)c1cc(-c2ccc([N+](=O)[O-])cc2)cc(C(C)(C)C)c1Oc1ccc([N+](=O)[O-])cc1. The summed E-state index contributed by atoms with van der Waals surface area (Å²) < 4.78 is 6.36. The molecule has 3 rings (SSSR count). The van der Waals surface area contributed by atoms with Gasteiger partial charge in [0.1, 0.15) is 11.5 Å². The molecule has 0 bridgehead atoms. The second-order valence-electron chi connectivity index (χ2n) is 10.1. The van der Waals surface area contributed by atoms with Crippen molar-refractivity contribution in [1.29, 1.82) is 0 Å². The Morgan fingerprint density at radius 2 is 1.03 bits per heavy atom. The number of nitro groups is 2. The standard InChI is InChI=1S/C26H28N2O5/c1-25(2,3)22-15-18(17-7-9-19(10-8-17)27(29)30)16-23(26(4,5)6)24(22)33-21-13-11-20(12-14-21)28(31)32/h7-16H,1-6H3. The first-order valence-electron chi connectivity index (χ1n) is 10.6. The van der Waals surface area contributed by atoms with Crippen molar-refractivity contribution < 1.29 is 14.6 Å². The number of benzene rings is 3. The molecular weight excluding hydrogens is 420 g/mol. The molecule has 3 aromatic carbocycles. The molecule has 0 atom stereocenters. The first-order chi connectivity index (χ1) is 15.3. The van der Waals surface area contributed by atoms with Crippen molar-refractivity contribution in [2.45, 2.75) is 52.4 Å². The number of non-ortho nitro benzene ring substituents is 2. The number of hydrogen-bond donors (Lipinski definition) is 0. The summed E-state index contributed by atoms with van der Waals surface area (Å²) in [7, 11) is 0. The van der Waals surface area contributed by atoms with Gasteiger partial charge in [-0.1, -0.05) is 41.5 Å². The number of nitro benzene ring substituents is 2. The third-order valence-corrected chi connectivity index (χ3v) is 5.38. The lowest BCUT2D eigenvalue weighted by atomic mass is 9.77. The summed E-state index contributed by atoms with van der Waals surface area (Å²) in [6.07, 6.45) is 0.